The van der Waals surface area contributed by atoms with Crippen LogP contribution in [0, 0.1) is 11.6 Å². The van der Waals surface area contributed by atoms with Crippen LogP contribution in [0.3, 0.4) is 0 Å². The molecule has 0 radical (unpaired) electrons. The standard InChI is InChI=1S/C16H14F2O2/c17-14-7-4-13(5-8-14)11-20-16(19)9-6-12-2-1-3-15(18)10-12/h1-5,7-8,10H,6,9,11H2. The smallest absolute Gasteiger partial charge is 0.306 e. The zero-order chi connectivity index (χ0) is 14.4. The predicted molar refractivity (Wildman–Crippen MR) is 70.9 cm³/mol. The maximum absolute atomic E-state index is 12.9. The highest BCUT2D eigenvalue weighted by Gasteiger charge is 2.05. The normalized spacial score (nSPS) is 10.3. The van der Waals surface area contributed by atoms with E-state index in [2.05, 4.69) is 0 Å². The maximum Gasteiger partial charge on any atom is 0.306 e. The Morgan fingerprint density at radius 1 is 0.950 bits per heavy atom. The van der Waals surface area contributed by atoms with E-state index in [1.807, 2.05) is 0 Å². The van der Waals surface area contributed by atoms with Crippen LogP contribution in [0.25, 0.3) is 0 Å². The van der Waals surface area contributed by atoms with Crippen molar-refractivity contribution in [2.45, 2.75) is 19.4 Å². The first-order chi connectivity index (χ1) is 9.63. The van der Waals surface area contributed by atoms with E-state index in [9.17, 15) is 13.6 Å². The van der Waals surface area contributed by atoms with Gasteiger partial charge in [0.05, 0.1) is 0 Å². The van der Waals surface area contributed by atoms with Crippen LogP contribution in [0.15, 0.2) is 48.5 Å². The average Bonchev–Trinajstić information content (AvgIpc) is 2.45. The highest BCUT2D eigenvalue weighted by atomic mass is 19.1. The molecule has 20 heavy (non-hydrogen) atoms. The van der Waals surface area contributed by atoms with E-state index in [1.165, 1.54) is 24.3 Å². The van der Waals surface area contributed by atoms with Gasteiger partial charge in [0.15, 0.2) is 0 Å². The van der Waals surface area contributed by atoms with Crippen molar-refractivity contribution in [1.82, 2.24) is 0 Å². The second-order valence-corrected chi connectivity index (χ2v) is 4.42. The monoisotopic (exact) mass is 276 g/mol. The van der Waals surface area contributed by atoms with E-state index >= 15 is 0 Å². The van der Waals surface area contributed by atoms with Crippen molar-refractivity contribution >= 4 is 5.97 Å². The van der Waals surface area contributed by atoms with E-state index < -0.39 is 0 Å². The molecule has 2 aromatic rings. The molecule has 0 saturated heterocycles. The topological polar surface area (TPSA) is 26.3 Å². The van der Waals surface area contributed by atoms with Gasteiger partial charge < -0.3 is 4.74 Å². The van der Waals surface area contributed by atoms with Gasteiger partial charge in [-0.15, -0.1) is 0 Å². The van der Waals surface area contributed by atoms with Gasteiger partial charge in [-0.3, -0.25) is 4.79 Å². The van der Waals surface area contributed by atoms with Crippen molar-refractivity contribution < 1.29 is 18.3 Å². The number of benzene rings is 2. The molecular weight excluding hydrogens is 262 g/mol. The Morgan fingerprint density at radius 2 is 1.70 bits per heavy atom. The van der Waals surface area contributed by atoms with Crippen molar-refractivity contribution in [2.75, 3.05) is 0 Å². The number of carbonyl (C=O) groups excluding carboxylic acids is 1. The van der Waals surface area contributed by atoms with Gasteiger partial charge in [-0.25, -0.2) is 8.78 Å². The second kappa shape index (κ2) is 6.80. The Hall–Kier alpha value is -2.23. The third kappa shape index (κ3) is 4.46. The molecule has 2 nitrogen and oxygen atoms in total. The lowest BCUT2D eigenvalue weighted by atomic mass is 10.1. The fraction of sp³-hybridized carbons (Fsp3) is 0.188. The molecule has 0 heterocycles. The van der Waals surface area contributed by atoms with E-state index in [0.29, 0.717) is 6.42 Å². The number of hydrogen-bond acceptors (Lipinski definition) is 2. The molecule has 0 amide bonds. The summed E-state index contributed by atoms with van der Waals surface area (Å²) < 4.78 is 30.7. The third-order valence-corrected chi connectivity index (χ3v) is 2.82. The van der Waals surface area contributed by atoms with Gasteiger partial charge in [0, 0.05) is 6.42 Å². The first-order valence-electron chi connectivity index (χ1n) is 6.28. The van der Waals surface area contributed by atoms with E-state index in [1.54, 1.807) is 24.3 Å². The van der Waals surface area contributed by atoms with Gasteiger partial charge in [-0.2, -0.15) is 0 Å². The summed E-state index contributed by atoms with van der Waals surface area (Å²) in [5.74, 6) is -1.01. The van der Waals surface area contributed by atoms with Gasteiger partial charge in [-0.1, -0.05) is 24.3 Å². The molecule has 0 N–H and O–H groups in total. The molecule has 0 aliphatic carbocycles. The van der Waals surface area contributed by atoms with E-state index in [-0.39, 0.29) is 30.6 Å². The Labute approximate surface area is 116 Å². The molecule has 4 heteroatoms. The van der Waals surface area contributed by atoms with Crippen LogP contribution < -0.4 is 0 Å². The van der Waals surface area contributed by atoms with Crippen LogP contribution in [-0.4, -0.2) is 5.97 Å². The highest BCUT2D eigenvalue weighted by molar-refractivity contribution is 5.69. The molecular formula is C16H14F2O2. The Kier molecular flexibility index (Phi) is 4.82. The molecule has 0 unspecified atom stereocenters. The maximum atomic E-state index is 12.9. The van der Waals surface area contributed by atoms with Crippen molar-refractivity contribution in [3.05, 3.63) is 71.3 Å². The fourth-order valence-corrected chi connectivity index (χ4v) is 1.76. The lowest BCUT2D eigenvalue weighted by Crippen LogP contribution is -2.06. The molecule has 0 atom stereocenters. The average molecular weight is 276 g/mol. The molecule has 0 fully saturated rings. The van der Waals surface area contributed by atoms with Crippen LogP contribution in [-0.2, 0) is 22.6 Å². The van der Waals surface area contributed by atoms with Gasteiger partial charge in [-0.05, 0) is 41.8 Å². The zero-order valence-corrected chi connectivity index (χ0v) is 10.8. The summed E-state index contributed by atoms with van der Waals surface area (Å²) in [6, 6.07) is 11.9. The number of aryl methyl sites for hydroxylation is 1. The van der Waals surface area contributed by atoms with Crippen LogP contribution in [0.5, 0.6) is 0 Å². The molecule has 0 bridgehead atoms. The minimum atomic E-state index is -0.362. The quantitative estimate of drug-likeness (QED) is 0.779. The summed E-state index contributed by atoms with van der Waals surface area (Å²) in [5.41, 5.74) is 1.48. The van der Waals surface area contributed by atoms with Crippen molar-refractivity contribution in [1.29, 1.82) is 0 Å². The lowest BCUT2D eigenvalue weighted by Gasteiger charge is -2.05. The SMILES string of the molecule is O=C(CCc1cccc(F)c1)OCc1ccc(F)cc1. The summed E-state index contributed by atoms with van der Waals surface area (Å²) in [6.45, 7) is 0.113. The van der Waals surface area contributed by atoms with Crippen LogP contribution in [0.1, 0.15) is 17.5 Å². The van der Waals surface area contributed by atoms with Gasteiger partial charge >= 0.3 is 5.97 Å². The highest BCUT2D eigenvalue weighted by Crippen LogP contribution is 2.08. The number of ether oxygens (including phenoxy) is 1. The predicted octanol–water partition coefficient (Wildman–Crippen LogP) is 3.64. The number of hydrogen-bond donors (Lipinski definition) is 0. The fourth-order valence-electron chi connectivity index (χ4n) is 1.76. The number of halogens is 2. The molecule has 0 aliphatic rings. The summed E-state index contributed by atoms with van der Waals surface area (Å²) in [4.78, 5) is 11.6. The van der Waals surface area contributed by atoms with Gasteiger partial charge in [0.25, 0.3) is 0 Å². The van der Waals surface area contributed by atoms with Crippen LogP contribution in [0.2, 0.25) is 0 Å². The van der Waals surface area contributed by atoms with Crippen LogP contribution >= 0.6 is 0 Å². The lowest BCUT2D eigenvalue weighted by molar-refractivity contribution is -0.144. The minimum Gasteiger partial charge on any atom is -0.461 e. The minimum absolute atomic E-state index is 0.113. The number of carbonyl (C=O) groups is 1. The molecule has 0 aromatic heterocycles. The van der Waals surface area contributed by atoms with Crippen molar-refractivity contribution in [3.63, 3.8) is 0 Å². The first kappa shape index (κ1) is 14.2. The summed E-state index contributed by atoms with van der Waals surface area (Å²) in [7, 11) is 0. The largest absolute Gasteiger partial charge is 0.461 e. The Morgan fingerprint density at radius 3 is 2.40 bits per heavy atom. The zero-order valence-electron chi connectivity index (χ0n) is 10.8. The van der Waals surface area contributed by atoms with Crippen molar-refractivity contribution in [3.8, 4) is 0 Å². The summed E-state index contributed by atoms with van der Waals surface area (Å²) >= 11 is 0. The van der Waals surface area contributed by atoms with Gasteiger partial charge in [0.1, 0.15) is 18.2 Å². The van der Waals surface area contributed by atoms with E-state index in [4.69, 9.17) is 4.74 Å². The first-order valence-corrected chi connectivity index (χ1v) is 6.28. The molecule has 2 aromatic carbocycles. The van der Waals surface area contributed by atoms with E-state index in [0.717, 1.165) is 11.1 Å². The van der Waals surface area contributed by atoms with Gasteiger partial charge in [0.2, 0.25) is 0 Å². The Balaban J connectivity index is 1.77. The molecule has 0 aliphatic heterocycles. The number of esters is 1. The summed E-state index contributed by atoms with van der Waals surface area (Å²) in [6.07, 6.45) is 0.616. The molecule has 0 spiro atoms. The third-order valence-electron chi connectivity index (χ3n) is 2.82. The summed E-state index contributed by atoms with van der Waals surface area (Å²) in [5, 5.41) is 0. The molecule has 104 valence electrons. The van der Waals surface area contributed by atoms with Crippen molar-refractivity contribution in [2.24, 2.45) is 0 Å². The van der Waals surface area contributed by atoms with Crippen LogP contribution in [0.4, 0.5) is 8.78 Å². The Bertz CT molecular complexity index is 579. The second-order valence-electron chi connectivity index (χ2n) is 4.42. The molecule has 2 rings (SSSR count). The number of rotatable bonds is 5. The molecule has 0 saturated carbocycles.